The Morgan fingerprint density at radius 1 is 1.18 bits per heavy atom. The minimum atomic E-state index is 0.348. The lowest BCUT2D eigenvalue weighted by Crippen LogP contribution is -2.24. The molecule has 3 heterocycles. The van der Waals surface area contributed by atoms with Crippen LogP contribution in [-0.4, -0.2) is 45.5 Å². The maximum absolute atomic E-state index is 4.64. The molecule has 1 aliphatic heterocycles. The molecule has 1 fully saturated rings. The molecule has 2 aromatic rings. The van der Waals surface area contributed by atoms with Gasteiger partial charge in [0.05, 0.1) is 17.4 Å². The van der Waals surface area contributed by atoms with Crippen molar-refractivity contribution < 1.29 is 0 Å². The van der Waals surface area contributed by atoms with Gasteiger partial charge in [-0.1, -0.05) is 0 Å². The monoisotopic (exact) mass is 298 g/mol. The summed E-state index contributed by atoms with van der Waals surface area (Å²) in [6, 6.07) is 0.348. The Balaban J connectivity index is 1.73. The number of aromatic nitrogens is 4. The summed E-state index contributed by atoms with van der Waals surface area (Å²) < 4.78 is 0. The molecule has 2 aromatic heterocycles. The Morgan fingerprint density at radius 2 is 1.95 bits per heavy atom. The number of hydrogen-bond donors (Lipinski definition) is 0. The van der Waals surface area contributed by atoms with Crippen molar-refractivity contribution in [2.75, 3.05) is 25.5 Å². The minimum Gasteiger partial charge on any atom is -0.347 e. The predicted molar refractivity (Wildman–Crippen MR) is 85.5 cm³/mol. The predicted octanol–water partition coefficient (Wildman–Crippen LogP) is 1.98. The molecule has 116 valence electrons. The lowest BCUT2D eigenvalue weighted by molar-refractivity contribution is 0.243. The number of anilines is 1. The first-order valence-corrected chi connectivity index (χ1v) is 7.64. The van der Waals surface area contributed by atoms with Crippen LogP contribution in [0.4, 0.5) is 5.95 Å². The van der Waals surface area contributed by atoms with Crippen molar-refractivity contribution in [1.29, 1.82) is 0 Å². The average molecular weight is 298 g/mol. The number of nitrogens with zero attached hydrogens (tertiary/aromatic N) is 6. The van der Waals surface area contributed by atoms with Gasteiger partial charge < -0.3 is 4.90 Å². The summed E-state index contributed by atoms with van der Waals surface area (Å²) in [4.78, 5) is 22.1. The Kier molecular flexibility index (Phi) is 4.29. The highest BCUT2D eigenvalue weighted by Gasteiger charge is 2.27. The quantitative estimate of drug-likeness (QED) is 0.860. The Morgan fingerprint density at radius 3 is 2.64 bits per heavy atom. The van der Waals surface area contributed by atoms with Crippen molar-refractivity contribution in [3.63, 3.8) is 0 Å². The molecule has 0 bridgehead atoms. The van der Waals surface area contributed by atoms with Crippen molar-refractivity contribution in [3.8, 4) is 0 Å². The summed E-state index contributed by atoms with van der Waals surface area (Å²) in [6.07, 6.45) is 9.85. The molecule has 22 heavy (non-hydrogen) atoms. The van der Waals surface area contributed by atoms with Crippen LogP contribution in [0.15, 0.2) is 24.8 Å². The molecule has 0 N–H and O–H groups in total. The summed E-state index contributed by atoms with van der Waals surface area (Å²) in [5, 5.41) is 0. The summed E-state index contributed by atoms with van der Waals surface area (Å²) in [5.41, 5.74) is 3.18. The summed E-state index contributed by atoms with van der Waals surface area (Å²) >= 11 is 0. The maximum Gasteiger partial charge on any atom is 0.224 e. The SMILES string of the molecule is Cc1cncc([C@@H]2CCCN2Cc2cnc(N(C)C)nc2)n1. The van der Waals surface area contributed by atoms with Crippen LogP contribution in [0.5, 0.6) is 0 Å². The first kappa shape index (κ1) is 14.8. The van der Waals surface area contributed by atoms with E-state index in [1.54, 1.807) is 6.20 Å². The van der Waals surface area contributed by atoms with Gasteiger partial charge in [0.25, 0.3) is 0 Å². The van der Waals surface area contributed by atoms with E-state index in [2.05, 4.69) is 24.8 Å². The van der Waals surface area contributed by atoms with Gasteiger partial charge in [-0.2, -0.15) is 0 Å². The van der Waals surface area contributed by atoms with Crippen LogP contribution in [0.1, 0.15) is 35.8 Å². The fourth-order valence-corrected chi connectivity index (χ4v) is 2.89. The van der Waals surface area contributed by atoms with Crippen LogP contribution in [0.25, 0.3) is 0 Å². The molecule has 1 atom stereocenters. The lowest BCUT2D eigenvalue weighted by atomic mass is 10.1. The molecule has 6 nitrogen and oxygen atoms in total. The molecule has 0 unspecified atom stereocenters. The van der Waals surface area contributed by atoms with E-state index in [1.807, 2.05) is 44.5 Å². The summed E-state index contributed by atoms with van der Waals surface area (Å²) in [7, 11) is 3.89. The van der Waals surface area contributed by atoms with Crippen LogP contribution in [0.3, 0.4) is 0 Å². The van der Waals surface area contributed by atoms with E-state index in [9.17, 15) is 0 Å². The van der Waals surface area contributed by atoms with E-state index < -0.39 is 0 Å². The van der Waals surface area contributed by atoms with Crippen molar-refractivity contribution in [3.05, 3.63) is 41.7 Å². The first-order chi connectivity index (χ1) is 10.6. The third kappa shape index (κ3) is 3.22. The second kappa shape index (κ2) is 6.36. The smallest absolute Gasteiger partial charge is 0.224 e. The first-order valence-electron chi connectivity index (χ1n) is 7.64. The Labute approximate surface area is 131 Å². The second-order valence-corrected chi connectivity index (χ2v) is 6.00. The van der Waals surface area contributed by atoms with Crippen LogP contribution < -0.4 is 4.90 Å². The molecule has 0 amide bonds. The number of hydrogen-bond acceptors (Lipinski definition) is 6. The van der Waals surface area contributed by atoms with Crippen LogP contribution in [0, 0.1) is 6.92 Å². The van der Waals surface area contributed by atoms with Gasteiger partial charge in [0.15, 0.2) is 0 Å². The van der Waals surface area contributed by atoms with Crippen molar-refractivity contribution >= 4 is 5.95 Å². The zero-order valence-electron chi connectivity index (χ0n) is 13.4. The number of likely N-dealkylation sites (tertiary alicyclic amines) is 1. The largest absolute Gasteiger partial charge is 0.347 e. The molecule has 6 heteroatoms. The van der Waals surface area contributed by atoms with Crippen LogP contribution >= 0.6 is 0 Å². The highest BCUT2D eigenvalue weighted by Crippen LogP contribution is 2.31. The molecule has 1 saturated heterocycles. The molecule has 0 radical (unpaired) electrons. The highest BCUT2D eigenvalue weighted by molar-refractivity contribution is 5.26. The van der Waals surface area contributed by atoms with E-state index in [-0.39, 0.29) is 0 Å². The highest BCUT2D eigenvalue weighted by atomic mass is 15.2. The van der Waals surface area contributed by atoms with Crippen molar-refractivity contribution in [2.45, 2.75) is 32.4 Å². The van der Waals surface area contributed by atoms with Crippen LogP contribution in [0.2, 0.25) is 0 Å². The topological polar surface area (TPSA) is 58.0 Å². The fourth-order valence-electron chi connectivity index (χ4n) is 2.89. The molecule has 0 aliphatic carbocycles. The van der Waals surface area contributed by atoms with Gasteiger partial charge in [0.1, 0.15) is 0 Å². The standard InChI is InChI=1S/C16H22N6/c1-12-7-17-10-14(20-12)15-5-4-6-22(15)11-13-8-18-16(19-9-13)21(2)3/h7-10,15H,4-6,11H2,1-3H3/t15-/m0/s1. The van der Waals surface area contributed by atoms with Gasteiger partial charge in [-0.15, -0.1) is 0 Å². The van der Waals surface area contributed by atoms with E-state index in [0.29, 0.717) is 6.04 Å². The molecule has 1 aliphatic rings. The molecule has 0 aromatic carbocycles. The van der Waals surface area contributed by atoms with Gasteiger partial charge in [-0.3, -0.25) is 14.9 Å². The van der Waals surface area contributed by atoms with E-state index in [4.69, 9.17) is 0 Å². The van der Waals surface area contributed by atoms with Crippen molar-refractivity contribution in [1.82, 2.24) is 24.8 Å². The van der Waals surface area contributed by atoms with Gasteiger partial charge in [-0.05, 0) is 26.3 Å². The van der Waals surface area contributed by atoms with Crippen LogP contribution in [-0.2, 0) is 6.54 Å². The molecule has 0 spiro atoms. The van der Waals surface area contributed by atoms with Crippen molar-refractivity contribution in [2.24, 2.45) is 0 Å². The zero-order chi connectivity index (χ0) is 15.5. The molecular weight excluding hydrogens is 276 g/mol. The number of aryl methyl sites for hydroxylation is 1. The summed E-state index contributed by atoms with van der Waals surface area (Å²) in [5.74, 6) is 0.742. The Bertz CT molecular complexity index is 625. The fraction of sp³-hybridized carbons (Fsp3) is 0.500. The van der Waals surface area contributed by atoms with Gasteiger partial charge in [0.2, 0.25) is 5.95 Å². The van der Waals surface area contributed by atoms with Gasteiger partial charge >= 0.3 is 0 Å². The zero-order valence-corrected chi connectivity index (χ0v) is 13.4. The average Bonchev–Trinajstić information content (AvgIpc) is 2.96. The summed E-state index contributed by atoms with van der Waals surface area (Å²) in [6.45, 7) is 3.92. The molecule has 0 saturated carbocycles. The third-order valence-electron chi connectivity index (χ3n) is 3.96. The third-order valence-corrected chi connectivity index (χ3v) is 3.96. The van der Waals surface area contributed by atoms with E-state index in [1.165, 1.54) is 6.42 Å². The normalized spacial score (nSPS) is 18.6. The Hall–Kier alpha value is -2.08. The second-order valence-electron chi connectivity index (χ2n) is 6.00. The number of rotatable bonds is 4. The van der Waals surface area contributed by atoms with E-state index in [0.717, 1.165) is 42.4 Å². The minimum absolute atomic E-state index is 0.348. The maximum atomic E-state index is 4.64. The van der Waals surface area contributed by atoms with E-state index >= 15 is 0 Å². The molecular formula is C16H22N6. The lowest BCUT2D eigenvalue weighted by Gasteiger charge is -2.24. The van der Waals surface area contributed by atoms with Gasteiger partial charge in [0, 0.05) is 51.0 Å². The molecule has 3 rings (SSSR count). The van der Waals surface area contributed by atoms with Gasteiger partial charge in [-0.25, -0.2) is 9.97 Å².